The van der Waals surface area contributed by atoms with Crippen molar-refractivity contribution in [2.45, 2.75) is 32.3 Å². The minimum atomic E-state index is -0.591. The number of phenolic OH excluding ortho intramolecular Hbond substituents is 3. The van der Waals surface area contributed by atoms with Crippen LogP contribution < -0.4 is 19.6 Å². The normalized spacial score (nSPS) is 14.9. The maximum absolute atomic E-state index is 13.1. The molecular weight excluding hydrogens is 480 g/mol. The van der Waals surface area contributed by atoms with Crippen molar-refractivity contribution < 1.29 is 38.7 Å². The van der Waals surface area contributed by atoms with Crippen LogP contribution in [-0.4, -0.2) is 34.5 Å². The number of carbonyl (C=O) groups is 1. The molecule has 190 valence electrons. The van der Waals surface area contributed by atoms with Gasteiger partial charge in [-0.15, -0.1) is 0 Å². The number of benzene rings is 3. The fourth-order valence-electron chi connectivity index (χ4n) is 4.52. The van der Waals surface area contributed by atoms with Crippen LogP contribution in [-0.2, 0) is 4.79 Å². The van der Waals surface area contributed by atoms with Crippen molar-refractivity contribution in [1.29, 1.82) is 0 Å². The van der Waals surface area contributed by atoms with E-state index < -0.39 is 23.1 Å². The maximum atomic E-state index is 13.1. The van der Waals surface area contributed by atoms with Gasteiger partial charge in [0.1, 0.15) is 28.2 Å². The summed E-state index contributed by atoms with van der Waals surface area (Å²) in [5.41, 5.74) is 0.947. The summed E-state index contributed by atoms with van der Waals surface area (Å²) >= 11 is 0. The number of hydrogen-bond donors (Lipinski definition) is 3. The molecule has 3 aromatic carbocycles. The second-order valence-electron chi connectivity index (χ2n) is 9.00. The second-order valence-corrected chi connectivity index (χ2v) is 9.00. The molecule has 0 saturated heterocycles. The Kier molecular flexibility index (Phi) is 5.91. The molecule has 0 spiro atoms. The Labute approximate surface area is 211 Å². The molecule has 0 bridgehead atoms. The van der Waals surface area contributed by atoms with Gasteiger partial charge >= 0.3 is 5.97 Å². The van der Waals surface area contributed by atoms with Crippen LogP contribution in [0, 0.1) is 0 Å². The molecule has 1 aliphatic heterocycles. The maximum Gasteiger partial charge on any atom is 0.312 e. The molecule has 0 amide bonds. The predicted molar refractivity (Wildman–Crippen MR) is 134 cm³/mol. The molecular formula is C28H24O9. The zero-order valence-corrected chi connectivity index (χ0v) is 20.3. The Morgan fingerprint density at radius 3 is 2.41 bits per heavy atom. The van der Waals surface area contributed by atoms with Gasteiger partial charge in [0.15, 0.2) is 28.4 Å². The largest absolute Gasteiger partial charge is 0.507 e. The van der Waals surface area contributed by atoms with Crippen molar-refractivity contribution in [3.05, 3.63) is 69.9 Å². The minimum absolute atomic E-state index is 0.0460. The molecule has 37 heavy (non-hydrogen) atoms. The van der Waals surface area contributed by atoms with Crippen molar-refractivity contribution in [3.8, 4) is 45.8 Å². The summed E-state index contributed by atoms with van der Waals surface area (Å²) in [5.74, 6) is -1.04. The van der Waals surface area contributed by atoms with Crippen LogP contribution in [0.2, 0.25) is 0 Å². The first kappa shape index (κ1) is 24.1. The van der Waals surface area contributed by atoms with Crippen LogP contribution >= 0.6 is 0 Å². The SMILES string of the molecule is COc1ccc(C2CC(=O)Oc3cc(O)c4c(=O)cc(-c5ccc(O)c(O)c5)oc4c32)cc1OC(C)C. The number of carbonyl (C=O) groups excluding carboxylic acids is 1. The number of aromatic hydroxyl groups is 3. The van der Waals surface area contributed by atoms with Gasteiger partial charge in [0, 0.05) is 29.2 Å². The highest BCUT2D eigenvalue weighted by molar-refractivity contribution is 5.93. The van der Waals surface area contributed by atoms with Gasteiger partial charge in [-0.2, -0.15) is 0 Å². The Morgan fingerprint density at radius 2 is 1.70 bits per heavy atom. The Morgan fingerprint density at radius 1 is 0.919 bits per heavy atom. The summed E-state index contributed by atoms with van der Waals surface area (Å²) in [6.45, 7) is 3.76. The van der Waals surface area contributed by atoms with E-state index in [1.165, 1.54) is 37.4 Å². The minimum Gasteiger partial charge on any atom is -0.507 e. The standard InChI is InChI=1S/C28H24O9/c1-13(2)35-23-9-14(5-7-21(23)34-3)16-10-25(33)36-24-12-20(32)27-19(31)11-22(37-28(27)26(16)24)15-4-6-17(29)18(30)8-15/h4-9,11-13,16,29-30,32H,10H2,1-3H3. The van der Waals surface area contributed by atoms with Crippen molar-refractivity contribution in [2.75, 3.05) is 7.11 Å². The number of esters is 1. The van der Waals surface area contributed by atoms with Gasteiger partial charge in [0.05, 0.1) is 19.6 Å². The lowest BCUT2D eigenvalue weighted by molar-refractivity contribution is -0.135. The first-order valence-corrected chi connectivity index (χ1v) is 11.6. The van der Waals surface area contributed by atoms with Crippen molar-refractivity contribution >= 4 is 16.9 Å². The van der Waals surface area contributed by atoms with Gasteiger partial charge in [-0.3, -0.25) is 9.59 Å². The quantitative estimate of drug-likeness (QED) is 0.199. The third-order valence-corrected chi connectivity index (χ3v) is 6.14. The first-order valence-electron chi connectivity index (χ1n) is 11.6. The average molecular weight is 504 g/mol. The molecule has 9 heteroatoms. The van der Waals surface area contributed by atoms with E-state index in [9.17, 15) is 24.9 Å². The first-order chi connectivity index (χ1) is 17.7. The van der Waals surface area contributed by atoms with E-state index in [0.29, 0.717) is 28.2 Å². The van der Waals surface area contributed by atoms with Crippen LogP contribution in [0.4, 0.5) is 0 Å². The fourth-order valence-corrected chi connectivity index (χ4v) is 4.52. The lowest BCUT2D eigenvalue weighted by atomic mass is 9.85. The Hall–Kier alpha value is -4.66. The van der Waals surface area contributed by atoms with Crippen LogP contribution in [0.1, 0.15) is 37.3 Å². The Balaban J connectivity index is 1.76. The highest BCUT2D eigenvalue weighted by atomic mass is 16.5. The number of rotatable bonds is 5. The van der Waals surface area contributed by atoms with E-state index in [1.807, 2.05) is 13.8 Å². The summed E-state index contributed by atoms with van der Waals surface area (Å²) in [6, 6.07) is 11.7. The van der Waals surface area contributed by atoms with Crippen LogP contribution in [0.3, 0.4) is 0 Å². The van der Waals surface area contributed by atoms with Crippen molar-refractivity contribution in [1.82, 2.24) is 0 Å². The second kappa shape index (κ2) is 9.09. The van der Waals surface area contributed by atoms with E-state index in [-0.39, 0.29) is 46.5 Å². The summed E-state index contributed by atoms with van der Waals surface area (Å²) < 4.78 is 22.9. The van der Waals surface area contributed by atoms with Gasteiger partial charge < -0.3 is 33.9 Å². The zero-order chi connectivity index (χ0) is 26.4. The number of hydrogen-bond acceptors (Lipinski definition) is 9. The van der Waals surface area contributed by atoms with Crippen molar-refractivity contribution in [2.24, 2.45) is 0 Å². The number of fused-ring (bicyclic) bond motifs is 3. The lowest BCUT2D eigenvalue weighted by Gasteiger charge is -2.26. The highest BCUT2D eigenvalue weighted by Crippen LogP contribution is 2.47. The number of ether oxygens (including phenoxy) is 3. The summed E-state index contributed by atoms with van der Waals surface area (Å²) in [5, 5.41) is 30.2. The molecule has 1 unspecified atom stereocenters. The fraction of sp³-hybridized carbons (Fsp3) is 0.214. The van der Waals surface area contributed by atoms with E-state index in [2.05, 4.69) is 0 Å². The average Bonchev–Trinajstić information content (AvgIpc) is 2.84. The molecule has 0 saturated carbocycles. The molecule has 1 aromatic heterocycles. The summed E-state index contributed by atoms with van der Waals surface area (Å²) in [4.78, 5) is 25.7. The zero-order valence-electron chi connectivity index (χ0n) is 20.3. The van der Waals surface area contributed by atoms with E-state index in [4.69, 9.17) is 18.6 Å². The molecule has 4 aromatic rings. The molecule has 2 heterocycles. The third-order valence-electron chi connectivity index (χ3n) is 6.14. The van der Waals surface area contributed by atoms with E-state index in [1.54, 1.807) is 18.2 Å². The van der Waals surface area contributed by atoms with Gasteiger partial charge in [0.2, 0.25) is 0 Å². The van der Waals surface area contributed by atoms with Crippen LogP contribution in [0.15, 0.2) is 57.7 Å². The summed E-state index contributed by atoms with van der Waals surface area (Å²) in [6.07, 6.45) is -0.179. The Bertz CT molecular complexity index is 1600. The topological polar surface area (TPSA) is 136 Å². The summed E-state index contributed by atoms with van der Waals surface area (Å²) in [7, 11) is 1.53. The van der Waals surface area contributed by atoms with Gasteiger partial charge in [-0.25, -0.2) is 0 Å². The molecule has 9 nitrogen and oxygen atoms in total. The smallest absolute Gasteiger partial charge is 0.312 e. The van der Waals surface area contributed by atoms with Gasteiger partial charge in [0.25, 0.3) is 0 Å². The van der Waals surface area contributed by atoms with Crippen LogP contribution in [0.5, 0.6) is 34.5 Å². The van der Waals surface area contributed by atoms with E-state index >= 15 is 0 Å². The van der Waals surface area contributed by atoms with E-state index in [0.717, 1.165) is 0 Å². The molecule has 1 aliphatic rings. The molecule has 0 fully saturated rings. The molecule has 0 aliphatic carbocycles. The van der Waals surface area contributed by atoms with Crippen molar-refractivity contribution in [3.63, 3.8) is 0 Å². The number of phenols is 3. The predicted octanol–water partition coefficient (Wildman–Crippen LogP) is 4.81. The molecule has 0 radical (unpaired) electrons. The monoisotopic (exact) mass is 504 g/mol. The van der Waals surface area contributed by atoms with Gasteiger partial charge in [-0.05, 0) is 49.7 Å². The lowest BCUT2D eigenvalue weighted by Crippen LogP contribution is -2.22. The molecule has 3 N–H and O–H groups in total. The highest BCUT2D eigenvalue weighted by Gasteiger charge is 2.34. The molecule has 1 atom stereocenters. The van der Waals surface area contributed by atoms with Gasteiger partial charge in [-0.1, -0.05) is 6.07 Å². The molecule has 5 rings (SSSR count). The number of methoxy groups -OCH3 is 1. The third kappa shape index (κ3) is 4.29. The van der Waals surface area contributed by atoms with Crippen LogP contribution in [0.25, 0.3) is 22.3 Å².